The zero-order valence-electron chi connectivity index (χ0n) is 21.3. The van der Waals surface area contributed by atoms with Crippen molar-refractivity contribution in [3.63, 3.8) is 0 Å². The SMILES string of the molecule is CC(C)(C)[Si](C)(C)OCCCCCCCCCCCC(O)c1coc([Si](C)(C)C)c1. The van der Waals surface area contributed by atoms with Crippen LogP contribution in [0.25, 0.3) is 0 Å². The summed E-state index contributed by atoms with van der Waals surface area (Å²) in [5, 5.41) is 11.8. The quantitative estimate of drug-likeness (QED) is 0.217. The van der Waals surface area contributed by atoms with Gasteiger partial charge in [0.1, 0.15) is 8.07 Å². The van der Waals surface area contributed by atoms with E-state index in [9.17, 15) is 5.11 Å². The molecule has 0 saturated carbocycles. The molecule has 0 saturated heterocycles. The van der Waals surface area contributed by atoms with E-state index in [2.05, 4.69) is 59.6 Å². The van der Waals surface area contributed by atoms with Crippen LogP contribution in [0, 0.1) is 0 Å². The highest BCUT2D eigenvalue weighted by molar-refractivity contribution is 6.87. The molecule has 1 aromatic heterocycles. The van der Waals surface area contributed by atoms with Crippen molar-refractivity contribution in [3.05, 3.63) is 17.9 Å². The van der Waals surface area contributed by atoms with Gasteiger partial charge in [-0.15, -0.1) is 0 Å². The first kappa shape index (κ1) is 27.7. The third-order valence-electron chi connectivity index (χ3n) is 6.63. The fourth-order valence-electron chi connectivity index (χ4n) is 3.31. The van der Waals surface area contributed by atoms with Crippen LogP contribution in [0.5, 0.6) is 0 Å². The Morgan fingerprint density at radius 2 is 1.37 bits per heavy atom. The number of furan rings is 1. The lowest BCUT2D eigenvalue weighted by molar-refractivity contribution is 0.162. The molecule has 1 N–H and O–H groups in total. The normalized spacial score (nSPS) is 14.3. The van der Waals surface area contributed by atoms with Crippen molar-refractivity contribution in [2.75, 3.05) is 6.61 Å². The summed E-state index contributed by atoms with van der Waals surface area (Å²) in [5.41, 5.74) is 0.963. The lowest BCUT2D eigenvalue weighted by atomic mass is 10.0. The zero-order chi connectivity index (χ0) is 22.8. The van der Waals surface area contributed by atoms with Crippen molar-refractivity contribution in [1.82, 2.24) is 0 Å². The van der Waals surface area contributed by atoms with Crippen molar-refractivity contribution < 1.29 is 13.9 Å². The largest absolute Gasteiger partial charge is 0.474 e. The Balaban J connectivity index is 1.98. The van der Waals surface area contributed by atoms with Crippen LogP contribution in [0.3, 0.4) is 0 Å². The topological polar surface area (TPSA) is 42.6 Å². The van der Waals surface area contributed by atoms with Crippen LogP contribution in [-0.4, -0.2) is 28.1 Å². The van der Waals surface area contributed by atoms with E-state index in [0.717, 1.165) is 30.4 Å². The van der Waals surface area contributed by atoms with E-state index in [-0.39, 0.29) is 6.10 Å². The highest BCUT2D eigenvalue weighted by Gasteiger charge is 2.36. The number of aliphatic hydroxyl groups excluding tert-OH is 1. The van der Waals surface area contributed by atoms with Gasteiger partial charge >= 0.3 is 0 Å². The first-order valence-electron chi connectivity index (χ1n) is 12.3. The minimum atomic E-state index is -1.56. The van der Waals surface area contributed by atoms with E-state index >= 15 is 0 Å². The second-order valence-corrected chi connectivity index (χ2v) is 21.4. The fourth-order valence-corrected chi connectivity index (χ4v) is 5.41. The second kappa shape index (κ2) is 12.6. The van der Waals surface area contributed by atoms with Gasteiger partial charge in [0.2, 0.25) is 0 Å². The van der Waals surface area contributed by atoms with E-state index in [0.29, 0.717) is 5.04 Å². The number of unbranched alkanes of at least 4 members (excludes halogenated alkanes) is 8. The molecule has 0 radical (unpaired) electrons. The molecule has 0 spiro atoms. The van der Waals surface area contributed by atoms with Gasteiger partial charge in [-0.2, -0.15) is 0 Å². The first-order valence-corrected chi connectivity index (χ1v) is 18.7. The van der Waals surface area contributed by atoms with Gasteiger partial charge in [0.15, 0.2) is 8.32 Å². The lowest BCUT2D eigenvalue weighted by Crippen LogP contribution is -2.40. The van der Waals surface area contributed by atoms with Crippen LogP contribution in [-0.2, 0) is 4.43 Å². The molecule has 176 valence electrons. The van der Waals surface area contributed by atoms with Crippen molar-refractivity contribution in [3.8, 4) is 0 Å². The van der Waals surface area contributed by atoms with Crippen LogP contribution >= 0.6 is 0 Å². The molecule has 1 heterocycles. The predicted molar refractivity (Wildman–Crippen MR) is 136 cm³/mol. The minimum Gasteiger partial charge on any atom is -0.474 e. The summed E-state index contributed by atoms with van der Waals surface area (Å²) >= 11 is 0. The highest BCUT2D eigenvalue weighted by atomic mass is 28.4. The molecule has 3 nitrogen and oxygen atoms in total. The molecule has 0 aliphatic heterocycles. The second-order valence-electron chi connectivity index (χ2n) is 11.6. The van der Waals surface area contributed by atoms with Crippen LogP contribution in [0.4, 0.5) is 0 Å². The van der Waals surface area contributed by atoms with E-state index in [1.807, 2.05) is 0 Å². The molecule has 0 aromatic carbocycles. The maximum Gasteiger partial charge on any atom is 0.191 e. The Kier molecular flexibility index (Phi) is 11.6. The van der Waals surface area contributed by atoms with E-state index < -0.39 is 16.4 Å². The predicted octanol–water partition coefficient (Wildman–Crippen LogP) is 7.78. The molecule has 0 bridgehead atoms. The van der Waals surface area contributed by atoms with Gasteiger partial charge in [-0.1, -0.05) is 91.8 Å². The molecular formula is C25H50O3Si2. The number of hydrogen-bond acceptors (Lipinski definition) is 3. The van der Waals surface area contributed by atoms with Gasteiger partial charge in [-0.05, 0) is 37.0 Å². The van der Waals surface area contributed by atoms with Gasteiger partial charge in [0.25, 0.3) is 0 Å². The zero-order valence-corrected chi connectivity index (χ0v) is 23.3. The van der Waals surface area contributed by atoms with Gasteiger partial charge in [-0.3, -0.25) is 0 Å². The molecule has 1 aromatic rings. The fraction of sp³-hybridized carbons (Fsp3) is 0.840. The average Bonchev–Trinajstić information content (AvgIpc) is 3.12. The standard InChI is InChI=1S/C25H50O3Si2/c1-25(2,3)30(7,8)28-19-17-15-13-11-9-10-12-14-16-18-23(26)22-20-24(27-21-22)29(4,5)6/h20-21,23,26H,9-19H2,1-8H3. The number of hydrogen-bond donors (Lipinski definition) is 1. The van der Waals surface area contributed by atoms with Crippen molar-refractivity contribution in [2.24, 2.45) is 0 Å². The summed E-state index contributed by atoms with van der Waals surface area (Å²) in [7, 11) is -2.98. The lowest BCUT2D eigenvalue weighted by Gasteiger charge is -2.36. The summed E-state index contributed by atoms with van der Waals surface area (Å²) < 4.78 is 11.9. The van der Waals surface area contributed by atoms with Crippen LogP contribution in [0.1, 0.15) is 96.6 Å². The molecular weight excluding hydrogens is 404 g/mol. The minimum absolute atomic E-state index is 0.318. The molecule has 30 heavy (non-hydrogen) atoms. The maximum atomic E-state index is 10.4. The Hall–Kier alpha value is -0.366. The summed E-state index contributed by atoms with van der Waals surface area (Å²) in [5.74, 6) is 0. The molecule has 1 atom stereocenters. The van der Waals surface area contributed by atoms with Crippen molar-refractivity contribution in [2.45, 2.75) is 129 Å². The summed E-state index contributed by atoms with van der Waals surface area (Å²) in [6.45, 7) is 19.3. The smallest absolute Gasteiger partial charge is 0.191 e. The summed E-state index contributed by atoms with van der Waals surface area (Å²) in [6, 6.07) is 2.08. The summed E-state index contributed by atoms with van der Waals surface area (Å²) in [6.07, 6.45) is 13.7. The molecule has 0 amide bonds. The Morgan fingerprint density at radius 3 is 1.83 bits per heavy atom. The molecule has 1 rings (SSSR count). The molecule has 5 heteroatoms. The number of aliphatic hydroxyl groups is 1. The Labute approximate surface area is 189 Å². The van der Waals surface area contributed by atoms with Crippen molar-refractivity contribution >= 4 is 21.8 Å². The van der Waals surface area contributed by atoms with Gasteiger partial charge in [0.05, 0.1) is 17.8 Å². The van der Waals surface area contributed by atoms with Gasteiger partial charge in [0, 0.05) is 12.2 Å². The number of rotatable bonds is 15. The Bertz CT molecular complexity index is 582. The van der Waals surface area contributed by atoms with Crippen LogP contribution < -0.4 is 5.38 Å². The maximum absolute atomic E-state index is 10.4. The molecule has 0 aliphatic rings. The van der Waals surface area contributed by atoms with Crippen LogP contribution in [0.2, 0.25) is 37.8 Å². The Morgan fingerprint density at radius 1 is 0.867 bits per heavy atom. The summed E-state index contributed by atoms with van der Waals surface area (Å²) in [4.78, 5) is 0. The van der Waals surface area contributed by atoms with E-state index in [4.69, 9.17) is 8.84 Å². The van der Waals surface area contributed by atoms with Crippen molar-refractivity contribution in [1.29, 1.82) is 0 Å². The van der Waals surface area contributed by atoms with Gasteiger partial charge in [-0.25, -0.2) is 0 Å². The highest BCUT2D eigenvalue weighted by Crippen LogP contribution is 2.36. The van der Waals surface area contributed by atoms with E-state index in [1.165, 1.54) is 51.4 Å². The first-order chi connectivity index (χ1) is 13.8. The average molecular weight is 455 g/mol. The third kappa shape index (κ3) is 10.3. The van der Waals surface area contributed by atoms with E-state index in [1.54, 1.807) is 6.26 Å². The van der Waals surface area contributed by atoms with Crippen LogP contribution in [0.15, 0.2) is 16.7 Å². The molecule has 0 fully saturated rings. The third-order valence-corrected chi connectivity index (χ3v) is 12.9. The monoisotopic (exact) mass is 454 g/mol. The molecule has 1 unspecified atom stereocenters. The molecule has 0 aliphatic carbocycles. The van der Waals surface area contributed by atoms with Gasteiger partial charge < -0.3 is 13.9 Å².